The molecule has 2 aliphatic rings. The topological polar surface area (TPSA) is 152 Å². The van der Waals surface area contributed by atoms with Gasteiger partial charge in [-0.25, -0.2) is 4.98 Å². The monoisotopic (exact) mass is 721 g/mol. The fourth-order valence-electron chi connectivity index (χ4n) is 6.26. The number of alkyl halides is 3. The van der Waals surface area contributed by atoms with Gasteiger partial charge in [0.2, 0.25) is 5.95 Å². The van der Waals surface area contributed by atoms with Gasteiger partial charge < -0.3 is 34.4 Å². The molecule has 0 bridgehead atoms. The van der Waals surface area contributed by atoms with E-state index in [2.05, 4.69) is 20.6 Å². The number of carbonyl (C=O) groups is 2. The SMILES string of the molecule is CCOc1cc(CP(=O)(OCC)OCC)ccc1Nc1ncc(C(F)(F)F)c(Nc2ccc(C3CCCCC3)c3c2C(=O)N(C)C3)n1.O=CO. The van der Waals surface area contributed by atoms with E-state index in [4.69, 9.17) is 23.7 Å². The van der Waals surface area contributed by atoms with Crippen LogP contribution in [0.25, 0.3) is 0 Å². The summed E-state index contributed by atoms with van der Waals surface area (Å²) in [5, 5.41) is 12.7. The number of nitrogens with zero attached hydrogens (tertiary/aromatic N) is 3. The van der Waals surface area contributed by atoms with E-state index < -0.39 is 25.2 Å². The van der Waals surface area contributed by atoms with Crippen molar-refractivity contribution in [1.29, 1.82) is 0 Å². The molecule has 1 amide bonds. The summed E-state index contributed by atoms with van der Waals surface area (Å²) in [6.45, 7) is 6.12. The molecule has 272 valence electrons. The van der Waals surface area contributed by atoms with Crippen molar-refractivity contribution in [2.75, 3.05) is 37.5 Å². The normalized spacial score (nSPS) is 14.9. The molecule has 1 aromatic heterocycles. The molecule has 2 heterocycles. The zero-order valence-corrected chi connectivity index (χ0v) is 29.4. The highest BCUT2D eigenvalue weighted by molar-refractivity contribution is 7.53. The summed E-state index contributed by atoms with van der Waals surface area (Å²) < 4.78 is 72.3. The minimum Gasteiger partial charge on any atom is -0.492 e. The van der Waals surface area contributed by atoms with Crippen LogP contribution in [-0.4, -0.2) is 59.2 Å². The van der Waals surface area contributed by atoms with Gasteiger partial charge in [0.05, 0.1) is 42.9 Å². The van der Waals surface area contributed by atoms with Crippen molar-refractivity contribution in [3.05, 3.63) is 64.3 Å². The van der Waals surface area contributed by atoms with Crippen molar-refractivity contribution in [3.63, 3.8) is 0 Å². The highest BCUT2D eigenvalue weighted by atomic mass is 31.2. The molecule has 1 aliphatic carbocycles. The number of benzene rings is 2. The Balaban J connectivity index is 0.00000181. The van der Waals surface area contributed by atoms with Crippen LogP contribution in [0.3, 0.4) is 0 Å². The number of hydrogen-bond acceptors (Lipinski definition) is 10. The summed E-state index contributed by atoms with van der Waals surface area (Å²) in [4.78, 5) is 31.4. The maximum absolute atomic E-state index is 14.2. The molecule has 50 heavy (non-hydrogen) atoms. The molecule has 0 atom stereocenters. The Morgan fingerprint density at radius 2 is 1.68 bits per heavy atom. The summed E-state index contributed by atoms with van der Waals surface area (Å²) in [5.74, 6) is -0.188. The van der Waals surface area contributed by atoms with Crippen LogP contribution >= 0.6 is 7.60 Å². The van der Waals surface area contributed by atoms with Crippen molar-refractivity contribution >= 4 is 43.1 Å². The molecular weight excluding hydrogens is 678 g/mol. The van der Waals surface area contributed by atoms with Crippen molar-refractivity contribution in [3.8, 4) is 5.75 Å². The van der Waals surface area contributed by atoms with Gasteiger partial charge in [0.25, 0.3) is 12.4 Å². The maximum atomic E-state index is 14.2. The molecule has 0 radical (unpaired) electrons. The number of anilines is 4. The first-order chi connectivity index (χ1) is 23.9. The third kappa shape index (κ3) is 9.32. The second kappa shape index (κ2) is 17.1. The van der Waals surface area contributed by atoms with Crippen LogP contribution in [0.5, 0.6) is 5.75 Å². The zero-order valence-electron chi connectivity index (χ0n) is 28.5. The average Bonchev–Trinajstić information content (AvgIpc) is 3.37. The fraction of sp³-hybridized carbons (Fsp3) is 0.471. The molecule has 16 heteroatoms. The van der Waals surface area contributed by atoms with Crippen LogP contribution in [-0.2, 0) is 37.3 Å². The van der Waals surface area contributed by atoms with Gasteiger partial charge in [-0.1, -0.05) is 31.4 Å². The Bertz CT molecular complexity index is 1690. The number of nitrogens with one attached hydrogen (secondary N) is 2. The summed E-state index contributed by atoms with van der Waals surface area (Å²) in [5.41, 5.74) is 2.53. The second-order valence-corrected chi connectivity index (χ2v) is 13.8. The van der Waals surface area contributed by atoms with E-state index in [9.17, 15) is 22.5 Å². The zero-order chi connectivity index (χ0) is 36.5. The average molecular weight is 722 g/mol. The molecule has 3 aromatic rings. The van der Waals surface area contributed by atoms with E-state index in [1.54, 1.807) is 57.0 Å². The third-order valence-electron chi connectivity index (χ3n) is 8.32. The number of amides is 1. The molecule has 12 nitrogen and oxygen atoms in total. The van der Waals surface area contributed by atoms with E-state index in [-0.39, 0.29) is 50.0 Å². The van der Waals surface area contributed by atoms with Crippen LogP contribution in [0.15, 0.2) is 36.5 Å². The standard InChI is InChI=1S/C33H41F3N5O5P.CH2O2/c1-5-44-28-17-21(20-47(43,45-6-2)46-7-3)13-15-26(28)39-32-37-18-25(33(34,35)36)30(40-32)38-27-16-14-23(22-11-9-8-10-12-22)24-19-41(4)31(42)29(24)27;2-1-3/h13-18,22H,5-12,19-20H2,1-4H3,(H2,37,38,39,40);1H,(H,2,3). The first-order valence-electron chi connectivity index (χ1n) is 16.5. The Morgan fingerprint density at radius 1 is 1.02 bits per heavy atom. The van der Waals surface area contributed by atoms with Gasteiger partial charge in [-0.2, -0.15) is 18.2 Å². The summed E-state index contributed by atoms with van der Waals surface area (Å²) in [7, 11) is -1.70. The van der Waals surface area contributed by atoms with Crippen LogP contribution in [0.4, 0.5) is 36.3 Å². The Labute approximate surface area is 289 Å². The molecule has 1 aliphatic heterocycles. The molecule has 0 saturated heterocycles. The smallest absolute Gasteiger partial charge is 0.421 e. The largest absolute Gasteiger partial charge is 0.492 e. The van der Waals surface area contributed by atoms with Crippen molar-refractivity contribution in [1.82, 2.24) is 14.9 Å². The van der Waals surface area contributed by atoms with Gasteiger partial charge in [0.15, 0.2) is 0 Å². The highest BCUT2D eigenvalue weighted by Gasteiger charge is 2.37. The van der Waals surface area contributed by atoms with Crippen LogP contribution in [0.1, 0.15) is 91.4 Å². The number of aromatic nitrogens is 2. The Kier molecular flexibility index (Phi) is 13.2. The summed E-state index contributed by atoms with van der Waals surface area (Å²) in [6, 6.07) is 8.62. The Morgan fingerprint density at radius 3 is 2.30 bits per heavy atom. The molecule has 3 N–H and O–H groups in total. The number of halogens is 3. The predicted octanol–water partition coefficient (Wildman–Crippen LogP) is 8.48. The highest BCUT2D eigenvalue weighted by Crippen LogP contribution is 2.52. The van der Waals surface area contributed by atoms with Gasteiger partial charge in [0, 0.05) is 19.8 Å². The van der Waals surface area contributed by atoms with Gasteiger partial charge in [-0.05, 0) is 74.4 Å². The van der Waals surface area contributed by atoms with E-state index in [1.807, 2.05) is 6.07 Å². The molecule has 0 unspecified atom stereocenters. The molecule has 5 rings (SSSR count). The van der Waals surface area contributed by atoms with Gasteiger partial charge in [-0.15, -0.1) is 0 Å². The lowest BCUT2D eigenvalue weighted by atomic mass is 9.81. The Hall–Kier alpha value is -4.20. The number of ether oxygens (including phenoxy) is 1. The van der Waals surface area contributed by atoms with E-state index in [1.165, 1.54) is 6.42 Å². The molecule has 1 fully saturated rings. The predicted molar refractivity (Wildman–Crippen MR) is 183 cm³/mol. The number of carbonyl (C=O) groups excluding carboxylic acids is 1. The van der Waals surface area contributed by atoms with E-state index >= 15 is 0 Å². The minimum atomic E-state index is -4.76. The lowest BCUT2D eigenvalue weighted by Crippen LogP contribution is -2.18. The summed E-state index contributed by atoms with van der Waals surface area (Å²) in [6.07, 6.45) is 1.42. The minimum absolute atomic E-state index is 0.0116. The fourth-order valence-corrected chi connectivity index (χ4v) is 7.95. The first kappa shape index (κ1) is 38.6. The van der Waals surface area contributed by atoms with Crippen molar-refractivity contribution in [2.24, 2.45) is 0 Å². The summed E-state index contributed by atoms with van der Waals surface area (Å²) >= 11 is 0. The van der Waals surface area contributed by atoms with Gasteiger partial charge >= 0.3 is 13.8 Å². The van der Waals surface area contributed by atoms with Gasteiger partial charge in [-0.3, -0.25) is 14.2 Å². The van der Waals surface area contributed by atoms with Crippen LogP contribution in [0, 0.1) is 0 Å². The van der Waals surface area contributed by atoms with Crippen LogP contribution in [0.2, 0.25) is 0 Å². The second-order valence-electron chi connectivity index (χ2n) is 11.7. The third-order valence-corrected chi connectivity index (χ3v) is 10.4. The number of fused-ring (bicyclic) bond motifs is 1. The lowest BCUT2D eigenvalue weighted by Gasteiger charge is -2.25. The quantitative estimate of drug-likeness (QED) is 0.115. The van der Waals surface area contributed by atoms with E-state index in [0.29, 0.717) is 41.2 Å². The number of hydrogen-bond donors (Lipinski definition) is 3. The molecular formula is C34H43F3N5O7P. The van der Waals surface area contributed by atoms with Gasteiger partial charge in [0.1, 0.15) is 17.1 Å². The number of rotatable bonds is 13. The molecule has 1 saturated carbocycles. The number of carboxylic acid groups (broad SMARTS) is 1. The van der Waals surface area contributed by atoms with E-state index in [0.717, 1.165) is 36.8 Å². The molecule has 0 spiro atoms. The van der Waals surface area contributed by atoms with Crippen molar-refractivity contribution < 1.29 is 46.2 Å². The maximum Gasteiger partial charge on any atom is 0.421 e. The lowest BCUT2D eigenvalue weighted by molar-refractivity contribution is -0.137. The molecule has 2 aromatic carbocycles. The van der Waals surface area contributed by atoms with Crippen molar-refractivity contribution in [2.45, 2.75) is 77.7 Å². The van der Waals surface area contributed by atoms with Crippen LogP contribution < -0.4 is 15.4 Å². The first-order valence-corrected chi connectivity index (χ1v) is 18.2.